The number of likely N-dealkylation sites (tertiary alicyclic amines) is 1. The number of carbonyl (C=O) groups excluding carboxylic acids is 3. The lowest BCUT2D eigenvalue weighted by atomic mass is 9.94. The lowest BCUT2D eigenvalue weighted by Gasteiger charge is -2.36. The standard InChI is InChI=1S/C12H19N3O4/c1-12(19)3-5-14(6-4-12)9(16)8-15-10(17)7-13(2)11(15)18/h19H,3-8H2,1-2H3. The number of hydrogen-bond donors (Lipinski definition) is 1. The minimum atomic E-state index is -0.726. The Balaban J connectivity index is 1.92. The first kappa shape index (κ1) is 13.8. The first-order chi connectivity index (χ1) is 8.80. The molecule has 0 aromatic heterocycles. The first-order valence-electron chi connectivity index (χ1n) is 6.36. The van der Waals surface area contributed by atoms with Crippen molar-refractivity contribution in [2.45, 2.75) is 25.4 Å². The molecule has 0 saturated carbocycles. The molecule has 2 aliphatic heterocycles. The summed E-state index contributed by atoms with van der Waals surface area (Å²) in [5, 5.41) is 9.81. The fourth-order valence-corrected chi connectivity index (χ4v) is 2.30. The Morgan fingerprint density at radius 1 is 1.32 bits per heavy atom. The molecule has 106 valence electrons. The zero-order chi connectivity index (χ0) is 14.2. The Hall–Kier alpha value is -1.63. The SMILES string of the molecule is CN1CC(=O)N(CC(=O)N2CCC(C)(O)CC2)C1=O. The highest BCUT2D eigenvalue weighted by molar-refractivity contribution is 6.04. The zero-order valence-corrected chi connectivity index (χ0v) is 11.3. The van der Waals surface area contributed by atoms with Gasteiger partial charge in [0.25, 0.3) is 5.91 Å². The molecule has 4 amide bonds. The molecule has 2 aliphatic rings. The molecule has 19 heavy (non-hydrogen) atoms. The van der Waals surface area contributed by atoms with Gasteiger partial charge < -0.3 is 14.9 Å². The summed E-state index contributed by atoms with van der Waals surface area (Å²) in [5.41, 5.74) is -0.726. The molecule has 0 unspecified atom stereocenters. The van der Waals surface area contributed by atoms with Crippen molar-refractivity contribution < 1.29 is 19.5 Å². The number of piperidine rings is 1. The van der Waals surface area contributed by atoms with Gasteiger partial charge in [-0.2, -0.15) is 0 Å². The highest BCUT2D eigenvalue weighted by Gasteiger charge is 2.37. The number of imide groups is 1. The number of rotatable bonds is 2. The van der Waals surface area contributed by atoms with Crippen LogP contribution >= 0.6 is 0 Å². The van der Waals surface area contributed by atoms with Gasteiger partial charge in [-0.25, -0.2) is 4.79 Å². The number of aliphatic hydroxyl groups is 1. The maximum atomic E-state index is 12.0. The van der Waals surface area contributed by atoms with Gasteiger partial charge in [-0.3, -0.25) is 14.5 Å². The number of nitrogens with zero attached hydrogens (tertiary/aromatic N) is 3. The maximum Gasteiger partial charge on any atom is 0.327 e. The molecule has 7 nitrogen and oxygen atoms in total. The van der Waals surface area contributed by atoms with E-state index in [-0.39, 0.29) is 24.9 Å². The molecular formula is C12H19N3O4. The van der Waals surface area contributed by atoms with E-state index in [0.717, 1.165) is 4.90 Å². The van der Waals surface area contributed by atoms with Crippen LogP contribution in [0.2, 0.25) is 0 Å². The van der Waals surface area contributed by atoms with Gasteiger partial charge in [0.15, 0.2) is 0 Å². The summed E-state index contributed by atoms with van der Waals surface area (Å²) in [5.74, 6) is -0.586. The van der Waals surface area contributed by atoms with E-state index >= 15 is 0 Å². The van der Waals surface area contributed by atoms with Crippen LogP contribution in [0.1, 0.15) is 19.8 Å². The van der Waals surface area contributed by atoms with Crippen LogP contribution in [-0.2, 0) is 9.59 Å². The molecule has 0 aliphatic carbocycles. The molecule has 0 spiro atoms. The monoisotopic (exact) mass is 269 g/mol. The van der Waals surface area contributed by atoms with Crippen molar-refractivity contribution in [1.29, 1.82) is 0 Å². The first-order valence-corrected chi connectivity index (χ1v) is 6.36. The number of likely N-dealkylation sites (N-methyl/N-ethyl adjacent to an activating group) is 1. The summed E-state index contributed by atoms with van der Waals surface area (Å²) >= 11 is 0. The Kier molecular flexibility index (Phi) is 3.49. The number of carbonyl (C=O) groups is 3. The summed E-state index contributed by atoms with van der Waals surface area (Å²) in [7, 11) is 1.53. The third-order valence-electron chi connectivity index (χ3n) is 3.72. The van der Waals surface area contributed by atoms with Gasteiger partial charge in [0.2, 0.25) is 5.91 Å². The lowest BCUT2D eigenvalue weighted by molar-refractivity contribution is -0.139. The van der Waals surface area contributed by atoms with Gasteiger partial charge in [0, 0.05) is 20.1 Å². The van der Waals surface area contributed by atoms with Gasteiger partial charge in [0.1, 0.15) is 13.1 Å². The molecule has 2 fully saturated rings. The van der Waals surface area contributed by atoms with Crippen LogP contribution in [-0.4, -0.2) is 76.5 Å². The molecule has 7 heteroatoms. The third-order valence-corrected chi connectivity index (χ3v) is 3.72. The summed E-state index contributed by atoms with van der Waals surface area (Å²) < 4.78 is 0. The van der Waals surface area contributed by atoms with E-state index in [0.29, 0.717) is 25.9 Å². The fourth-order valence-electron chi connectivity index (χ4n) is 2.30. The topological polar surface area (TPSA) is 81.2 Å². The van der Waals surface area contributed by atoms with E-state index in [1.165, 1.54) is 11.9 Å². The van der Waals surface area contributed by atoms with Gasteiger partial charge in [-0.05, 0) is 19.8 Å². The van der Waals surface area contributed by atoms with E-state index in [9.17, 15) is 19.5 Å². The van der Waals surface area contributed by atoms with Crippen LogP contribution in [0.25, 0.3) is 0 Å². The fraction of sp³-hybridized carbons (Fsp3) is 0.750. The van der Waals surface area contributed by atoms with E-state index in [2.05, 4.69) is 0 Å². The Morgan fingerprint density at radius 2 is 1.89 bits per heavy atom. The van der Waals surface area contributed by atoms with E-state index in [4.69, 9.17) is 0 Å². The van der Waals surface area contributed by atoms with Crippen molar-refractivity contribution in [1.82, 2.24) is 14.7 Å². The molecule has 0 aromatic rings. The van der Waals surface area contributed by atoms with Crippen LogP contribution in [0.5, 0.6) is 0 Å². The van der Waals surface area contributed by atoms with Crippen LogP contribution in [0.15, 0.2) is 0 Å². The molecule has 0 atom stereocenters. The van der Waals surface area contributed by atoms with Crippen molar-refractivity contribution in [3.63, 3.8) is 0 Å². The molecule has 0 aromatic carbocycles. The average Bonchev–Trinajstić information content (AvgIpc) is 2.56. The molecule has 2 saturated heterocycles. The van der Waals surface area contributed by atoms with Gasteiger partial charge >= 0.3 is 6.03 Å². The number of hydrogen-bond acceptors (Lipinski definition) is 4. The summed E-state index contributed by atoms with van der Waals surface area (Å²) in [6.45, 7) is 2.48. The van der Waals surface area contributed by atoms with E-state index < -0.39 is 11.6 Å². The largest absolute Gasteiger partial charge is 0.390 e. The maximum absolute atomic E-state index is 12.0. The highest BCUT2D eigenvalue weighted by atomic mass is 16.3. The van der Waals surface area contributed by atoms with Gasteiger partial charge in [-0.15, -0.1) is 0 Å². The van der Waals surface area contributed by atoms with Crippen molar-refractivity contribution in [3.8, 4) is 0 Å². The van der Waals surface area contributed by atoms with Crippen molar-refractivity contribution >= 4 is 17.8 Å². The van der Waals surface area contributed by atoms with Crippen LogP contribution < -0.4 is 0 Å². The second-order valence-electron chi connectivity index (χ2n) is 5.50. The lowest BCUT2D eigenvalue weighted by Crippen LogP contribution is -2.49. The Bertz CT molecular complexity index is 411. The summed E-state index contributed by atoms with van der Waals surface area (Å²) in [4.78, 5) is 39.1. The average molecular weight is 269 g/mol. The molecule has 1 N–H and O–H groups in total. The number of amides is 4. The van der Waals surface area contributed by atoms with Crippen LogP contribution in [0.3, 0.4) is 0 Å². The van der Waals surface area contributed by atoms with Gasteiger partial charge in [0.05, 0.1) is 5.60 Å². The smallest absolute Gasteiger partial charge is 0.327 e. The van der Waals surface area contributed by atoms with Crippen LogP contribution in [0.4, 0.5) is 4.79 Å². The zero-order valence-electron chi connectivity index (χ0n) is 11.3. The van der Waals surface area contributed by atoms with E-state index in [1.54, 1.807) is 11.8 Å². The normalized spacial score (nSPS) is 23.2. The molecule has 0 radical (unpaired) electrons. The minimum Gasteiger partial charge on any atom is -0.390 e. The quantitative estimate of drug-likeness (QED) is 0.669. The van der Waals surface area contributed by atoms with Crippen molar-refractivity contribution in [2.75, 3.05) is 33.2 Å². The molecular weight excluding hydrogens is 250 g/mol. The van der Waals surface area contributed by atoms with Gasteiger partial charge in [-0.1, -0.05) is 0 Å². The van der Waals surface area contributed by atoms with Crippen molar-refractivity contribution in [2.24, 2.45) is 0 Å². The molecule has 0 bridgehead atoms. The minimum absolute atomic E-state index is 0.0286. The summed E-state index contributed by atoms with van der Waals surface area (Å²) in [6, 6.07) is -0.428. The third kappa shape index (κ3) is 2.86. The van der Waals surface area contributed by atoms with E-state index in [1.807, 2.05) is 0 Å². The molecule has 2 rings (SSSR count). The highest BCUT2D eigenvalue weighted by Crippen LogP contribution is 2.21. The summed E-state index contributed by atoms with van der Waals surface area (Å²) in [6.07, 6.45) is 1.03. The second kappa shape index (κ2) is 4.80. The predicted molar refractivity (Wildman–Crippen MR) is 66.2 cm³/mol. The van der Waals surface area contributed by atoms with Crippen LogP contribution in [0, 0.1) is 0 Å². The Morgan fingerprint density at radius 3 is 2.37 bits per heavy atom. The predicted octanol–water partition coefficient (Wildman–Crippen LogP) is -0.746. The second-order valence-corrected chi connectivity index (χ2v) is 5.50. The van der Waals surface area contributed by atoms with Crippen molar-refractivity contribution in [3.05, 3.63) is 0 Å². The Labute approximate surface area is 111 Å². The number of urea groups is 1. The molecule has 2 heterocycles.